The highest BCUT2D eigenvalue weighted by Crippen LogP contribution is 2.30. The Morgan fingerprint density at radius 2 is 1.81 bits per heavy atom. The summed E-state index contributed by atoms with van der Waals surface area (Å²) in [5.41, 5.74) is 1.76. The van der Waals surface area contributed by atoms with Crippen LogP contribution in [0.25, 0.3) is 0 Å². The van der Waals surface area contributed by atoms with E-state index in [-0.39, 0.29) is 31.2 Å². The Bertz CT molecular complexity index is 1010. The van der Waals surface area contributed by atoms with Crippen LogP contribution in [0.5, 0.6) is 11.5 Å². The van der Waals surface area contributed by atoms with Gasteiger partial charge in [0, 0.05) is 13.6 Å². The Morgan fingerprint density at radius 1 is 1.13 bits per heavy atom. The first-order chi connectivity index (χ1) is 14.5. The van der Waals surface area contributed by atoms with Crippen LogP contribution in [0.15, 0.2) is 42.5 Å². The Kier molecular flexibility index (Phi) is 8.21. The van der Waals surface area contributed by atoms with Crippen LogP contribution in [-0.4, -0.2) is 52.3 Å². The van der Waals surface area contributed by atoms with Crippen LogP contribution < -0.4 is 13.8 Å². The van der Waals surface area contributed by atoms with Gasteiger partial charge in [0.2, 0.25) is 15.9 Å². The Balaban J connectivity index is 2.19. The number of ether oxygens (including phenoxy) is 2. The topological polar surface area (TPSA) is 76.2 Å². The molecule has 0 aliphatic rings. The quantitative estimate of drug-likeness (QED) is 0.548. The van der Waals surface area contributed by atoms with Crippen LogP contribution in [-0.2, 0) is 21.4 Å². The number of carbonyl (C=O) groups excluding carboxylic acids is 1. The van der Waals surface area contributed by atoms with Crippen molar-refractivity contribution in [1.82, 2.24) is 4.90 Å². The molecule has 0 aliphatic heterocycles. The van der Waals surface area contributed by atoms with Crippen LogP contribution in [0, 0.1) is 6.92 Å². The number of sulfonamides is 1. The summed E-state index contributed by atoms with van der Waals surface area (Å²) in [7, 11) is -2.16. The third-order valence-corrected chi connectivity index (χ3v) is 5.56. The lowest BCUT2D eigenvalue weighted by molar-refractivity contribution is -0.128. The molecule has 0 aromatic heterocycles. The van der Waals surface area contributed by atoms with Gasteiger partial charge in [0.25, 0.3) is 0 Å². The molecule has 0 unspecified atom stereocenters. The zero-order chi connectivity index (χ0) is 23.2. The standard InChI is InChI=1S/C21H26F2N2O5S/c1-5-29-19-12-16(10-11-18(19)30-21(22)23)13-24(3)20(26)14-25(31(4,27)28)17-9-7-6-8-15(17)2/h6-12,21H,5,13-14H2,1-4H3. The van der Waals surface area contributed by atoms with E-state index in [4.69, 9.17) is 4.74 Å². The molecule has 10 heteroatoms. The Hall–Kier alpha value is -2.88. The zero-order valence-electron chi connectivity index (χ0n) is 17.8. The molecule has 170 valence electrons. The van der Waals surface area contributed by atoms with Gasteiger partial charge in [-0.3, -0.25) is 9.10 Å². The van der Waals surface area contributed by atoms with E-state index in [0.29, 0.717) is 11.3 Å². The molecular weight excluding hydrogens is 430 g/mol. The normalized spacial score (nSPS) is 11.3. The number of carbonyl (C=O) groups is 1. The minimum Gasteiger partial charge on any atom is -0.490 e. The molecule has 2 aromatic rings. The third kappa shape index (κ3) is 6.81. The number of alkyl halides is 2. The Morgan fingerprint density at radius 3 is 2.39 bits per heavy atom. The minimum atomic E-state index is -3.69. The molecule has 31 heavy (non-hydrogen) atoms. The van der Waals surface area contributed by atoms with Gasteiger partial charge in [0.1, 0.15) is 6.54 Å². The highest BCUT2D eigenvalue weighted by molar-refractivity contribution is 7.92. The van der Waals surface area contributed by atoms with Crippen molar-refractivity contribution in [1.29, 1.82) is 0 Å². The van der Waals surface area contributed by atoms with Crippen molar-refractivity contribution in [3.05, 3.63) is 53.6 Å². The molecule has 0 saturated carbocycles. The lowest BCUT2D eigenvalue weighted by atomic mass is 10.2. The summed E-state index contributed by atoms with van der Waals surface area (Å²) in [6.45, 7) is 0.486. The summed E-state index contributed by atoms with van der Waals surface area (Å²) in [6, 6.07) is 11.3. The molecule has 0 atom stereocenters. The van der Waals surface area contributed by atoms with Crippen molar-refractivity contribution in [2.75, 3.05) is 30.8 Å². The monoisotopic (exact) mass is 456 g/mol. The summed E-state index contributed by atoms with van der Waals surface area (Å²) in [6.07, 6.45) is 1.04. The fraction of sp³-hybridized carbons (Fsp3) is 0.381. The number of halogens is 2. The van der Waals surface area contributed by atoms with Crippen molar-refractivity contribution in [2.45, 2.75) is 27.0 Å². The number of benzene rings is 2. The van der Waals surface area contributed by atoms with E-state index >= 15 is 0 Å². The summed E-state index contributed by atoms with van der Waals surface area (Å²) in [5.74, 6) is -0.393. The van der Waals surface area contributed by atoms with Gasteiger partial charge in [0.15, 0.2) is 11.5 Å². The van der Waals surface area contributed by atoms with Gasteiger partial charge in [-0.25, -0.2) is 8.42 Å². The van der Waals surface area contributed by atoms with Crippen molar-refractivity contribution >= 4 is 21.6 Å². The molecular formula is C21H26F2N2O5S. The molecule has 0 radical (unpaired) electrons. The maximum atomic E-state index is 12.8. The number of rotatable bonds is 10. The van der Waals surface area contributed by atoms with Gasteiger partial charge in [-0.05, 0) is 43.2 Å². The smallest absolute Gasteiger partial charge is 0.387 e. The summed E-state index contributed by atoms with van der Waals surface area (Å²) in [4.78, 5) is 14.1. The molecule has 2 aromatic carbocycles. The van der Waals surface area contributed by atoms with Crippen LogP contribution in [0.1, 0.15) is 18.1 Å². The van der Waals surface area contributed by atoms with Crippen molar-refractivity contribution in [2.24, 2.45) is 0 Å². The van der Waals surface area contributed by atoms with Crippen LogP contribution in [0.4, 0.5) is 14.5 Å². The first-order valence-electron chi connectivity index (χ1n) is 9.50. The maximum Gasteiger partial charge on any atom is 0.387 e. The maximum absolute atomic E-state index is 12.8. The largest absolute Gasteiger partial charge is 0.490 e. The van der Waals surface area contributed by atoms with Gasteiger partial charge in [-0.1, -0.05) is 24.3 Å². The number of para-hydroxylation sites is 1. The molecule has 2 rings (SSSR count). The number of likely N-dealkylation sites (N-methyl/N-ethyl adjacent to an activating group) is 1. The third-order valence-electron chi connectivity index (χ3n) is 4.43. The highest BCUT2D eigenvalue weighted by Gasteiger charge is 2.24. The second-order valence-electron chi connectivity index (χ2n) is 6.90. The van der Waals surface area contributed by atoms with Gasteiger partial charge < -0.3 is 14.4 Å². The van der Waals surface area contributed by atoms with Gasteiger partial charge >= 0.3 is 6.61 Å². The zero-order valence-corrected chi connectivity index (χ0v) is 18.7. The van der Waals surface area contributed by atoms with Crippen molar-refractivity contribution in [3.8, 4) is 11.5 Å². The summed E-state index contributed by atoms with van der Waals surface area (Å²) in [5, 5.41) is 0. The predicted octanol–water partition coefficient (Wildman–Crippen LogP) is 3.42. The number of anilines is 1. The van der Waals surface area contributed by atoms with Gasteiger partial charge in [0.05, 0.1) is 18.6 Å². The first-order valence-corrected chi connectivity index (χ1v) is 11.4. The fourth-order valence-corrected chi connectivity index (χ4v) is 3.85. The van der Waals surface area contributed by atoms with Gasteiger partial charge in [-0.15, -0.1) is 0 Å². The first kappa shape index (κ1) is 24.4. The van der Waals surface area contributed by atoms with Gasteiger partial charge in [-0.2, -0.15) is 8.78 Å². The number of aryl methyl sites for hydroxylation is 1. The molecule has 0 bridgehead atoms. The van der Waals surface area contributed by atoms with E-state index in [1.165, 1.54) is 24.1 Å². The van der Waals surface area contributed by atoms with E-state index in [0.717, 1.165) is 16.1 Å². The predicted molar refractivity (Wildman–Crippen MR) is 114 cm³/mol. The molecule has 0 N–H and O–H groups in total. The summed E-state index contributed by atoms with van der Waals surface area (Å²) >= 11 is 0. The summed E-state index contributed by atoms with van der Waals surface area (Å²) < 4.78 is 60.6. The van der Waals surface area contributed by atoms with E-state index in [9.17, 15) is 22.0 Å². The molecule has 0 saturated heterocycles. The average Bonchev–Trinajstić information content (AvgIpc) is 2.67. The average molecular weight is 457 g/mol. The molecule has 0 spiro atoms. The lowest BCUT2D eigenvalue weighted by Crippen LogP contribution is -2.41. The van der Waals surface area contributed by atoms with Crippen molar-refractivity contribution in [3.63, 3.8) is 0 Å². The van der Waals surface area contributed by atoms with Crippen LogP contribution >= 0.6 is 0 Å². The van der Waals surface area contributed by atoms with Crippen LogP contribution in [0.2, 0.25) is 0 Å². The fourth-order valence-electron chi connectivity index (χ4n) is 2.94. The highest BCUT2D eigenvalue weighted by atomic mass is 32.2. The molecule has 0 aliphatic carbocycles. The number of hydrogen-bond acceptors (Lipinski definition) is 5. The van der Waals surface area contributed by atoms with E-state index in [1.807, 2.05) is 0 Å². The van der Waals surface area contributed by atoms with E-state index < -0.39 is 22.5 Å². The molecule has 1 amide bonds. The second kappa shape index (κ2) is 10.4. The lowest BCUT2D eigenvalue weighted by Gasteiger charge is -2.26. The number of nitrogens with zero attached hydrogens (tertiary/aromatic N) is 2. The molecule has 0 heterocycles. The van der Waals surface area contributed by atoms with E-state index in [2.05, 4.69) is 4.74 Å². The van der Waals surface area contributed by atoms with E-state index in [1.54, 1.807) is 44.2 Å². The second-order valence-corrected chi connectivity index (χ2v) is 8.81. The van der Waals surface area contributed by atoms with Crippen LogP contribution in [0.3, 0.4) is 0 Å². The Labute approximate surface area is 181 Å². The SMILES string of the molecule is CCOc1cc(CN(C)C(=O)CN(c2ccccc2C)S(C)(=O)=O)ccc1OC(F)F. The number of amides is 1. The molecule has 0 fully saturated rings. The number of hydrogen-bond donors (Lipinski definition) is 0. The molecule has 7 nitrogen and oxygen atoms in total. The minimum absolute atomic E-state index is 0.0996. The van der Waals surface area contributed by atoms with Crippen molar-refractivity contribution < 1.29 is 31.5 Å².